The van der Waals surface area contributed by atoms with Gasteiger partial charge in [0.05, 0.1) is 6.20 Å². The minimum Gasteiger partial charge on any atom is -0.460 e. The van der Waals surface area contributed by atoms with Crippen molar-refractivity contribution in [1.29, 1.82) is 0 Å². The van der Waals surface area contributed by atoms with E-state index in [4.69, 9.17) is 14.7 Å². The fraction of sp³-hybridized carbons (Fsp3) is 0.571. The number of unbranched alkanes of at least 4 members (excludes halogenated alkanes) is 4. The van der Waals surface area contributed by atoms with E-state index in [2.05, 4.69) is 62.7 Å². The van der Waals surface area contributed by atoms with E-state index in [1.165, 1.54) is 5.56 Å². The fourth-order valence-electron chi connectivity index (χ4n) is 9.56. The van der Waals surface area contributed by atoms with Gasteiger partial charge in [0.15, 0.2) is 5.65 Å². The smallest absolute Gasteiger partial charge is 0.322 e. The molecule has 3 N–H and O–H groups in total. The molecule has 0 aliphatic carbocycles. The maximum absolute atomic E-state index is 13.2. The van der Waals surface area contributed by atoms with Gasteiger partial charge in [-0.25, -0.2) is 0 Å². The first-order valence-corrected chi connectivity index (χ1v) is 24.0. The highest BCUT2D eigenvalue weighted by molar-refractivity contribution is 6.05. The van der Waals surface area contributed by atoms with Crippen LogP contribution in [0.15, 0.2) is 48.7 Å². The van der Waals surface area contributed by atoms with Crippen molar-refractivity contribution in [2.45, 2.75) is 122 Å². The molecule has 3 fully saturated rings. The van der Waals surface area contributed by atoms with E-state index in [9.17, 15) is 19.2 Å². The second-order valence-corrected chi connectivity index (χ2v) is 18.7. The number of nitrogens with one attached hydrogen (secondary N) is 3. The number of aryl methyl sites for hydroxylation is 1. The third-order valence-electron chi connectivity index (χ3n) is 13.6. The number of ether oxygens (including phenoxy) is 1. The van der Waals surface area contributed by atoms with Gasteiger partial charge in [-0.1, -0.05) is 51.0 Å². The van der Waals surface area contributed by atoms with Crippen LogP contribution in [-0.2, 0) is 33.9 Å². The third kappa shape index (κ3) is 11.9. The fourth-order valence-corrected chi connectivity index (χ4v) is 9.56. The molecule has 1 atom stereocenters. The average Bonchev–Trinajstić information content (AvgIpc) is 3.88. The number of imide groups is 1. The number of piperazine rings is 1. The first kappa shape index (κ1) is 46.1. The van der Waals surface area contributed by atoms with Crippen molar-refractivity contribution in [1.82, 2.24) is 44.5 Å². The molecule has 6 heterocycles. The van der Waals surface area contributed by atoms with Crippen molar-refractivity contribution >= 4 is 40.9 Å². The number of hydrogen-bond donors (Lipinski definition) is 3. The Morgan fingerprint density at radius 2 is 1.58 bits per heavy atom. The van der Waals surface area contributed by atoms with E-state index in [1.807, 2.05) is 42.6 Å². The van der Waals surface area contributed by atoms with E-state index in [-0.39, 0.29) is 42.1 Å². The molecule has 65 heavy (non-hydrogen) atoms. The molecule has 16 nitrogen and oxygen atoms in total. The molecule has 0 spiro atoms. The van der Waals surface area contributed by atoms with Crippen LogP contribution >= 0.6 is 0 Å². The Balaban J connectivity index is 0.682. The van der Waals surface area contributed by atoms with Crippen LogP contribution in [0.1, 0.15) is 123 Å². The van der Waals surface area contributed by atoms with Crippen LogP contribution < -0.4 is 20.7 Å². The lowest BCUT2D eigenvalue weighted by Gasteiger charge is -2.34. The minimum absolute atomic E-state index is 0.0452. The Labute approximate surface area is 382 Å². The summed E-state index contributed by atoms with van der Waals surface area (Å²) in [5.41, 5.74) is 6.57. The summed E-state index contributed by atoms with van der Waals surface area (Å²) in [4.78, 5) is 68.6. The van der Waals surface area contributed by atoms with Gasteiger partial charge in [-0.2, -0.15) is 19.6 Å². The zero-order valence-corrected chi connectivity index (χ0v) is 38.5. The summed E-state index contributed by atoms with van der Waals surface area (Å²) in [5, 5.41) is 13.5. The Hall–Kier alpha value is -5.45. The largest absolute Gasteiger partial charge is 0.460 e. The molecular formula is C49H67N11O5. The molecule has 0 bridgehead atoms. The summed E-state index contributed by atoms with van der Waals surface area (Å²) in [5.74, 6) is 0.144. The molecule has 0 saturated carbocycles. The van der Waals surface area contributed by atoms with E-state index in [1.54, 1.807) is 9.42 Å². The highest BCUT2D eigenvalue weighted by Crippen LogP contribution is 2.31. The van der Waals surface area contributed by atoms with Crippen LogP contribution in [0.3, 0.4) is 0 Å². The molecule has 2 aromatic heterocycles. The van der Waals surface area contributed by atoms with Gasteiger partial charge in [-0.05, 0) is 112 Å². The van der Waals surface area contributed by atoms with Crippen LogP contribution in [0.25, 0.3) is 5.65 Å². The second kappa shape index (κ2) is 21.7. The number of likely N-dealkylation sites (tertiary alicyclic amines) is 1. The molecule has 4 aliphatic heterocycles. The molecule has 1 unspecified atom stereocenters. The van der Waals surface area contributed by atoms with Crippen molar-refractivity contribution in [3.05, 3.63) is 76.5 Å². The number of aromatic nitrogens is 4. The first-order valence-electron chi connectivity index (χ1n) is 24.0. The van der Waals surface area contributed by atoms with Crippen LogP contribution in [0, 0.1) is 0 Å². The number of hydrogen-bond acceptors (Lipinski definition) is 12. The number of nitrogens with zero attached hydrogens (tertiary/aromatic N) is 8. The topological polar surface area (TPSA) is 170 Å². The lowest BCUT2D eigenvalue weighted by Crippen LogP contribution is -2.52. The Kier molecular flexibility index (Phi) is 15.4. The van der Waals surface area contributed by atoms with Crippen molar-refractivity contribution in [2.75, 3.05) is 70.0 Å². The number of amides is 4. The zero-order chi connectivity index (χ0) is 45.3. The van der Waals surface area contributed by atoms with E-state index in [0.717, 1.165) is 138 Å². The number of fused-ring (bicyclic) bond motifs is 2. The highest BCUT2D eigenvalue weighted by atomic mass is 16.5. The first-order chi connectivity index (χ1) is 31.6. The van der Waals surface area contributed by atoms with E-state index >= 15 is 0 Å². The number of benzene rings is 2. The second-order valence-electron chi connectivity index (χ2n) is 18.7. The van der Waals surface area contributed by atoms with Crippen molar-refractivity contribution < 1.29 is 23.9 Å². The minimum atomic E-state index is -0.580. The van der Waals surface area contributed by atoms with Crippen molar-refractivity contribution in [3.8, 4) is 6.01 Å². The van der Waals surface area contributed by atoms with E-state index < -0.39 is 6.04 Å². The quantitative estimate of drug-likeness (QED) is 0.0741. The average molecular weight is 890 g/mol. The van der Waals surface area contributed by atoms with Gasteiger partial charge in [-0.15, -0.1) is 0 Å². The summed E-state index contributed by atoms with van der Waals surface area (Å²) in [7, 11) is 2.13. The molecular weight excluding hydrogens is 823 g/mol. The molecule has 3 saturated heterocycles. The van der Waals surface area contributed by atoms with Crippen LogP contribution in [0.5, 0.6) is 6.01 Å². The monoisotopic (exact) mass is 890 g/mol. The summed E-state index contributed by atoms with van der Waals surface area (Å²) in [6, 6.07) is 13.6. The van der Waals surface area contributed by atoms with Gasteiger partial charge in [0.2, 0.25) is 23.7 Å². The third-order valence-corrected chi connectivity index (χ3v) is 13.6. The van der Waals surface area contributed by atoms with Crippen LogP contribution in [-0.4, -0.2) is 134 Å². The Bertz CT molecular complexity index is 2280. The Morgan fingerprint density at radius 1 is 0.862 bits per heavy atom. The summed E-state index contributed by atoms with van der Waals surface area (Å²) in [6.07, 6.45) is 12.2. The van der Waals surface area contributed by atoms with E-state index in [0.29, 0.717) is 43.5 Å². The predicted octanol–water partition coefficient (Wildman–Crippen LogP) is 5.62. The van der Waals surface area contributed by atoms with Gasteiger partial charge in [0.25, 0.3) is 5.91 Å². The Morgan fingerprint density at radius 3 is 2.29 bits per heavy atom. The number of piperidine rings is 2. The van der Waals surface area contributed by atoms with Gasteiger partial charge in [0, 0.05) is 82.0 Å². The zero-order valence-electron chi connectivity index (χ0n) is 38.5. The number of carbonyl (C=O) groups excluding carboxylic acids is 4. The molecule has 4 aromatic rings. The number of anilines is 2. The van der Waals surface area contributed by atoms with Gasteiger partial charge >= 0.3 is 6.01 Å². The molecule has 16 heteroatoms. The lowest BCUT2D eigenvalue weighted by atomic mass is 9.98. The normalized spacial score (nSPS) is 19.0. The molecule has 4 amide bonds. The maximum atomic E-state index is 13.2. The maximum Gasteiger partial charge on any atom is 0.322 e. The van der Waals surface area contributed by atoms with Crippen LogP contribution in [0.2, 0.25) is 0 Å². The standard InChI is InChI=1S/C49H67N11O5/c1-34(2)40-32-51-60-45(40)54-49(65-38-21-25-56(3)26-22-38)55-48(60)50-31-35-15-17-37(18-16-35)52-43(61)14-7-5-9-24-58-29-27-57(28-30-58)23-8-4-6-11-36-12-10-13-39-41(36)33-59(47(39)64)42-19-20-44(62)53-46(42)63/h10,12-13,15-18,32,34,38,42H,4-9,11,14,19-31,33H2,1-3H3,(H,52,61)(H,50,54,55)(H,53,62,63). The molecule has 348 valence electrons. The van der Waals surface area contributed by atoms with Gasteiger partial charge in [-0.3, -0.25) is 24.5 Å². The van der Waals surface area contributed by atoms with Crippen molar-refractivity contribution in [2.24, 2.45) is 0 Å². The van der Waals surface area contributed by atoms with Gasteiger partial charge in [0.1, 0.15) is 12.1 Å². The molecule has 0 radical (unpaired) electrons. The summed E-state index contributed by atoms with van der Waals surface area (Å²) < 4.78 is 8.05. The molecule has 2 aromatic carbocycles. The molecule has 4 aliphatic rings. The van der Waals surface area contributed by atoms with Crippen molar-refractivity contribution in [3.63, 3.8) is 0 Å². The summed E-state index contributed by atoms with van der Waals surface area (Å²) in [6.45, 7) is 13.7. The number of carbonyl (C=O) groups is 4. The molecule has 8 rings (SSSR count). The van der Waals surface area contributed by atoms with Gasteiger partial charge < -0.3 is 35.0 Å². The summed E-state index contributed by atoms with van der Waals surface area (Å²) >= 11 is 0. The SMILES string of the molecule is CC(C)c1cnn2c(NCc3ccc(NC(=O)CCCCCN4CCN(CCCCCc5cccc6c5CN(C5CCC(=O)NC5=O)C6=O)CC4)cc3)nc(OC3CCN(C)CC3)nc12. The highest BCUT2D eigenvalue weighted by Gasteiger charge is 2.39. The predicted molar refractivity (Wildman–Crippen MR) is 250 cm³/mol. The lowest BCUT2D eigenvalue weighted by molar-refractivity contribution is -0.137. The number of rotatable bonds is 20. The van der Waals surface area contributed by atoms with Crippen LogP contribution in [0.4, 0.5) is 11.6 Å².